The lowest BCUT2D eigenvalue weighted by Crippen LogP contribution is -2.47. The minimum Gasteiger partial charge on any atom is -0.477 e. The Morgan fingerprint density at radius 2 is 1.93 bits per heavy atom. The van der Waals surface area contributed by atoms with Gasteiger partial charge in [0.2, 0.25) is 11.8 Å². The summed E-state index contributed by atoms with van der Waals surface area (Å²) < 4.78 is 11.3. The lowest BCUT2D eigenvalue weighted by molar-refractivity contribution is -0.132. The van der Waals surface area contributed by atoms with Crippen molar-refractivity contribution >= 4 is 46.5 Å². The first-order valence-corrected chi connectivity index (χ1v) is 14.1. The molecule has 2 aromatic carbocycles. The fourth-order valence-corrected chi connectivity index (χ4v) is 5.19. The number of alkyl carbamates (subject to hydrolysis) is 1. The largest absolute Gasteiger partial charge is 0.477 e. The molecule has 0 fully saturated rings. The van der Waals surface area contributed by atoms with Crippen LogP contribution < -0.4 is 20.7 Å². The number of carbonyl (C=O) groups is 2. The van der Waals surface area contributed by atoms with Gasteiger partial charge in [-0.15, -0.1) is 0 Å². The van der Waals surface area contributed by atoms with E-state index < -0.39 is 12.1 Å². The molecule has 5 rings (SSSR count). The van der Waals surface area contributed by atoms with Crippen LogP contribution in [0.4, 0.5) is 16.4 Å². The fraction of sp³-hybridized carbons (Fsp3) is 0.250. The van der Waals surface area contributed by atoms with Crippen molar-refractivity contribution in [3.63, 3.8) is 0 Å². The number of rotatable bonds is 10. The van der Waals surface area contributed by atoms with E-state index in [1.807, 2.05) is 43.3 Å². The number of allylic oxidation sites excluding steroid dienone is 1. The summed E-state index contributed by atoms with van der Waals surface area (Å²) >= 11 is 0. The van der Waals surface area contributed by atoms with E-state index in [4.69, 9.17) is 20.5 Å². The maximum absolute atomic E-state index is 12.5. The van der Waals surface area contributed by atoms with Gasteiger partial charge in [-0.1, -0.05) is 36.4 Å². The number of aromatic nitrogens is 4. The van der Waals surface area contributed by atoms with Crippen LogP contribution in [-0.4, -0.2) is 55.8 Å². The smallest absolute Gasteiger partial charge is 0.407 e. The highest BCUT2D eigenvalue weighted by Crippen LogP contribution is 2.39. The molecule has 0 aliphatic carbocycles. The number of carboxylic acid groups (broad SMARTS) is 1. The number of nitrogen functional groups attached to an aromatic ring is 1. The number of nitrogens with two attached hydrogens (primary N) is 1. The summed E-state index contributed by atoms with van der Waals surface area (Å²) in [5.41, 5.74) is 11.3. The molecule has 3 heterocycles. The molecule has 5 N–H and O–H groups in total. The van der Waals surface area contributed by atoms with Crippen molar-refractivity contribution in [1.29, 1.82) is 5.26 Å². The SMILES string of the molecule is CC1=CC(C)(C)N(CCOC(=O)NCc2ccc(COc3nc(N)nc4[nH]cnc34)cc2)c2ccc(/C=C(\C#N)C(=O)O)cc21. The van der Waals surface area contributed by atoms with E-state index in [0.717, 1.165) is 28.0 Å². The van der Waals surface area contributed by atoms with Crippen molar-refractivity contribution in [2.24, 2.45) is 0 Å². The zero-order valence-corrected chi connectivity index (χ0v) is 25.0. The summed E-state index contributed by atoms with van der Waals surface area (Å²) in [5.74, 6) is -0.893. The number of benzene rings is 2. The van der Waals surface area contributed by atoms with E-state index in [1.54, 1.807) is 12.1 Å². The molecule has 0 radical (unpaired) electrons. The van der Waals surface area contributed by atoms with E-state index in [-0.39, 0.29) is 36.8 Å². The Balaban J connectivity index is 1.13. The molecule has 0 saturated carbocycles. The monoisotopic (exact) mass is 608 g/mol. The van der Waals surface area contributed by atoms with Gasteiger partial charge in [0.05, 0.1) is 18.4 Å². The number of aromatic amines is 1. The second-order valence-electron chi connectivity index (χ2n) is 11.0. The number of nitriles is 1. The number of nitrogens with one attached hydrogen (secondary N) is 2. The molecule has 0 unspecified atom stereocenters. The molecule has 4 aromatic rings. The quantitative estimate of drug-likeness (QED) is 0.147. The number of hydrogen-bond donors (Lipinski definition) is 4. The van der Waals surface area contributed by atoms with Gasteiger partial charge in [-0.25, -0.2) is 14.6 Å². The van der Waals surface area contributed by atoms with Gasteiger partial charge in [0.25, 0.3) is 0 Å². The lowest BCUT2D eigenvalue weighted by atomic mass is 9.88. The van der Waals surface area contributed by atoms with Crippen LogP contribution in [0.15, 0.2) is 60.4 Å². The molecule has 0 saturated heterocycles. The Bertz CT molecular complexity index is 1850. The highest BCUT2D eigenvalue weighted by Gasteiger charge is 2.31. The van der Waals surface area contributed by atoms with E-state index >= 15 is 0 Å². The number of aliphatic carboxylic acids is 1. The van der Waals surface area contributed by atoms with Crippen molar-refractivity contribution in [1.82, 2.24) is 25.3 Å². The van der Waals surface area contributed by atoms with Crippen LogP contribution >= 0.6 is 0 Å². The molecule has 0 atom stereocenters. The van der Waals surface area contributed by atoms with Gasteiger partial charge in [-0.2, -0.15) is 15.2 Å². The van der Waals surface area contributed by atoms with E-state index in [2.05, 4.69) is 50.1 Å². The number of amides is 1. The number of carbonyl (C=O) groups excluding carboxylic acids is 1. The van der Waals surface area contributed by atoms with Crippen LogP contribution in [0.1, 0.15) is 43.0 Å². The summed E-state index contributed by atoms with van der Waals surface area (Å²) in [6.07, 6.45) is 4.43. The van der Waals surface area contributed by atoms with Crippen LogP contribution in [0, 0.1) is 11.3 Å². The first-order chi connectivity index (χ1) is 21.5. The number of H-pyrrole nitrogens is 1. The van der Waals surface area contributed by atoms with Crippen molar-refractivity contribution in [3.8, 4) is 11.9 Å². The highest BCUT2D eigenvalue weighted by molar-refractivity contribution is 5.97. The second-order valence-corrected chi connectivity index (χ2v) is 11.0. The first kappa shape index (κ1) is 30.6. The van der Waals surface area contributed by atoms with E-state index in [0.29, 0.717) is 29.2 Å². The molecule has 13 heteroatoms. The third kappa shape index (κ3) is 7.02. The fourth-order valence-electron chi connectivity index (χ4n) is 5.19. The Kier molecular flexibility index (Phi) is 8.67. The normalized spacial score (nSPS) is 13.9. The molecule has 0 spiro atoms. The zero-order valence-electron chi connectivity index (χ0n) is 25.0. The Labute approximate surface area is 259 Å². The zero-order chi connectivity index (χ0) is 32.1. The van der Waals surface area contributed by atoms with Crippen LogP contribution in [0.5, 0.6) is 5.88 Å². The number of hydrogen-bond acceptors (Lipinski definition) is 10. The van der Waals surface area contributed by atoms with Gasteiger partial charge in [0.15, 0.2) is 11.2 Å². The summed E-state index contributed by atoms with van der Waals surface area (Å²) in [7, 11) is 0. The van der Waals surface area contributed by atoms with Crippen molar-refractivity contribution in [2.75, 3.05) is 23.8 Å². The highest BCUT2D eigenvalue weighted by atomic mass is 16.5. The minimum atomic E-state index is -1.27. The number of carboxylic acids is 1. The first-order valence-electron chi connectivity index (χ1n) is 14.1. The van der Waals surface area contributed by atoms with Gasteiger partial charge in [0.1, 0.15) is 24.9 Å². The van der Waals surface area contributed by atoms with Gasteiger partial charge < -0.3 is 35.5 Å². The molecular formula is C32H32N8O5. The number of imidazole rings is 1. The molecule has 1 aliphatic rings. The molecule has 1 amide bonds. The van der Waals surface area contributed by atoms with Gasteiger partial charge in [0, 0.05) is 17.8 Å². The average Bonchev–Trinajstić information content (AvgIpc) is 3.48. The molecular weight excluding hydrogens is 576 g/mol. The molecule has 13 nitrogen and oxygen atoms in total. The Hall–Kier alpha value is -5.90. The van der Waals surface area contributed by atoms with Crippen molar-refractivity contribution < 1.29 is 24.2 Å². The number of anilines is 2. The predicted molar refractivity (Wildman–Crippen MR) is 168 cm³/mol. The standard InChI is InChI=1S/C32H32N8O5/c1-19-14-32(2,3)40(25-9-8-22(13-24(19)25)12-23(15-33)29(41)42)10-11-44-31(43)35-16-20-4-6-21(7-5-20)17-45-28-26-27(37-18-36-26)38-30(34)39-28/h4-9,12-14,18H,10-11,16-17H2,1-3H3,(H,35,43)(H,41,42)(H3,34,36,37,38,39)/b23-12+. The molecule has 45 heavy (non-hydrogen) atoms. The third-order valence-electron chi connectivity index (χ3n) is 7.31. The Morgan fingerprint density at radius 1 is 1.18 bits per heavy atom. The van der Waals surface area contributed by atoms with Crippen molar-refractivity contribution in [3.05, 3.63) is 82.7 Å². The van der Waals surface area contributed by atoms with Gasteiger partial charge in [-0.05, 0) is 61.2 Å². The molecule has 1 aliphatic heterocycles. The maximum Gasteiger partial charge on any atom is 0.407 e. The van der Waals surface area contributed by atoms with Gasteiger partial charge >= 0.3 is 12.1 Å². The topological polar surface area (TPSA) is 192 Å². The van der Waals surface area contributed by atoms with Crippen LogP contribution in [0.3, 0.4) is 0 Å². The second kappa shape index (κ2) is 12.8. The number of nitrogens with zero attached hydrogens (tertiary/aromatic N) is 5. The van der Waals surface area contributed by atoms with Crippen molar-refractivity contribution in [2.45, 2.75) is 39.5 Å². The van der Waals surface area contributed by atoms with Crippen LogP contribution in [0.2, 0.25) is 0 Å². The summed E-state index contributed by atoms with van der Waals surface area (Å²) in [6, 6.07) is 14.8. The summed E-state index contributed by atoms with van der Waals surface area (Å²) in [6.45, 7) is 7.25. The van der Waals surface area contributed by atoms with Crippen LogP contribution in [0.25, 0.3) is 22.8 Å². The average molecular weight is 609 g/mol. The minimum absolute atomic E-state index is 0.0866. The van der Waals surface area contributed by atoms with Crippen LogP contribution in [-0.2, 0) is 22.7 Å². The molecule has 0 bridgehead atoms. The molecule has 230 valence electrons. The molecule has 2 aromatic heterocycles. The van der Waals surface area contributed by atoms with Gasteiger partial charge in [-0.3, -0.25) is 0 Å². The summed E-state index contributed by atoms with van der Waals surface area (Å²) in [5, 5.41) is 21.1. The van der Waals surface area contributed by atoms with E-state index in [1.165, 1.54) is 12.4 Å². The maximum atomic E-state index is 12.5. The lowest BCUT2D eigenvalue weighted by Gasteiger charge is -2.43. The Morgan fingerprint density at radius 3 is 2.67 bits per heavy atom. The summed E-state index contributed by atoms with van der Waals surface area (Å²) in [4.78, 5) is 41.1. The third-order valence-corrected chi connectivity index (χ3v) is 7.31. The predicted octanol–water partition coefficient (Wildman–Crippen LogP) is 4.43. The number of fused-ring (bicyclic) bond motifs is 2. The van der Waals surface area contributed by atoms with E-state index in [9.17, 15) is 14.7 Å². The number of ether oxygens (including phenoxy) is 2.